The maximum absolute atomic E-state index is 12.2. The number of nitrogens with zero attached hydrogens (tertiary/aromatic N) is 1. The minimum Gasteiger partial charge on any atom is -0.382 e. The van der Waals surface area contributed by atoms with Crippen LogP contribution in [0.15, 0.2) is 36.5 Å². The number of amides is 1. The van der Waals surface area contributed by atoms with Gasteiger partial charge in [-0.15, -0.1) is 0 Å². The topological polar surface area (TPSA) is 54.0 Å². The molecule has 0 spiro atoms. The van der Waals surface area contributed by atoms with Crippen LogP contribution in [-0.2, 0) is 0 Å². The summed E-state index contributed by atoms with van der Waals surface area (Å²) < 4.78 is 0. The average Bonchev–Trinajstić information content (AvgIpc) is 2.42. The first-order valence-corrected chi connectivity index (χ1v) is 7.13. The number of benzene rings is 1. The Morgan fingerprint density at radius 1 is 1.24 bits per heavy atom. The van der Waals surface area contributed by atoms with Gasteiger partial charge in [0.2, 0.25) is 0 Å². The molecule has 1 aromatic heterocycles. The molecule has 110 valence electrons. The van der Waals surface area contributed by atoms with Crippen LogP contribution in [0.1, 0.15) is 29.9 Å². The van der Waals surface area contributed by atoms with E-state index in [4.69, 9.17) is 11.6 Å². The van der Waals surface area contributed by atoms with E-state index < -0.39 is 0 Å². The molecule has 0 radical (unpaired) electrons. The average molecular weight is 304 g/mol. The van der Waals surface area contributed by atoms with E-state index >= 15 is 0 Å². The fourth-order valence-corrected chi connectivity index (χ4v) is 2.13. The first kappa shape index (κ1) is 15.3. The summed E-state index contributed by atoms with van der Waals surface area (Å²) in [7, 11) is 0. The summed E-state index contributed by atoms with van der Waals surface area (Å²) in [5.74, 6) is -0.239. The second-order valence-electron chi connectivity index (χ2n) is 5.14. The van der Waals surface area contributed by atoms with Crippen molar-refractivity contribution in [1.29, 1.82) is 0 Å². The van der Waals surface area contributed by atoms with Crippen LogP contribution in [-0.4, -0.2) is 16.9 Å². The Balaban J connectivity index is 2.09. The van der Waals surface area contributed by atoms with E-state index in [0.717, 1.165) is 16.9 Å². The summed E-state index contributed by atoms with van der Waals surface area (Å²) >= 11 is 5.90. The standard InChI is InChI=1S/C16H18ClN3O/c1-10(2)19-13-5-7-15(18-9-13)16(21)20-14-6-4-12(17)8-11(14)3/h4-10,19H,1-3H3,(H,20,21). The normalized spacial score (nSPS) is 10.5. The molecule has 1 heterocycles. The Morgan fingerprint density at radius 2 is 2.00 bits per heavy atom. The first-order valence-electron chi connectivity index (χ1n) is 6.76. The summed E-state index contributed by atoms with van der Waals surface area (Å²) in [6.07, 6.45) is 1.66. The predicted octanol–water partition coefficient (Wildman–Crippen LogP) is 4.12. The monoisotopic (exact) mass is 303 g/mol. The largest absolute Gasteiger partial charge is 0.382 e. The molecule has 0 atom stereocenters. The van der Waals surface area contributed by atoms with Crippen LogP contribution < -0.4 is 10.6 Å². The Labute approximate surface area is 129 Å². The van der Waals surface area contributed by atoms with Gasteiger partial charge in [-0.05, 0) is 56.7 Å². The van der Waals surface area contributed by atoms with Gasteiger partial charge in [-0.3, -0.25) is 4.79 Å². The minimum absolute atomic E-state index is 0.239. The maximum atomic E-state index is 12.2. The Hall–Kier alpha value is -2.07. The molecular weight excluding hydrogens is 286 g/mol. The van der Waals surface area contributed by atoms with E-state index in [2.05, 4.69) is 15.6 Å². The molecule has 0 unspecified atom stereocenters. The summed E-state index contributed by atoms with van der Waals surface area (Å²) in [4.78, 5) is 16.3. The maximum Gasteiger partial charge on any atom is 0.274 e. The van der Waals surface area contributed by atoms with E-state index in [1.165, 1.54) is 0 Å². The fourth-order valence-electron chi connectivity index (χ4n) is 1.90. The van der Waals surface area contributed by atoms with Gasteiger partial charge in [0.05, 0.1) is 11.9 Å². The number of hydrogen-bond acceptors (Lipinski definition) is 3. The van der Waals surface area contributed by atoms with Gasteiger partial charge < -0.3 is 10.6 Å². The Morgan fingerprint density at radius 3 is 2.57 bits per heavy atom. The van der Waals surface area contributed by atoms with Gasteiger partial charge in [0.15, 0.2) is 0 Å². The van der Waals surface area contributed by atoms with Crippen molar-refractivity contribution in [2.45, 2.75) is 26.8 Å². The third-order valence-corrected chi connectivity index (χ3v) is 3.12. The third-order valence-electron chi connectivity index (χ3n) is 2.89. The molecule has 4 nitrogen and oxygen atoms in total. The smallest absolute Gasteiger partial charge is 0.274 e. The van der Waals surface area contributed by atoms with Crippen LogP contribution in [0.25, 0.3) is 0 Å². The predicted molar refractivity (Wildman–Crippen MR) is 87.1 cm³/mol. The highest BCUT2D eigenvalue weighted by molar-refractivity contribution is 6.30. The van der Waals surface area contributed by atoms with Crippen molar-refractivity contribution in [2.75, 3.05) is 10.6 Å². The van der Waals surface area contributed by atoms with Crippen LogP contribution in [0, 0.1) is 6.92 Å². The summed E-state index contributed by atoms with van der Waals surface area (Å²) in [5.41, 5.74) is 2.91. The Kier molecular flexibility index (Phi) is 4.81. The van der Waals surface area contributed by atoms with Crippen molar-refractivity contribution in [3.8, 4) is 0 Å². The van der Waals surface area contributed by atoms with Gasteiger partial charge in [-0.1, -0.05) is 11.6 Å². The van der Waals surface area contributed by atoms with Crippen molar-refractivity contribution >= 4 is 28.9 Å². The van der Waals surface area contributed by atoms with Gasteiger partial charge >= 0.3 is 0 Å². The molecule has 0 saturated heterocycles. The van der Waals surface area contributed by atoms with E-state index in [-0.39, 0.29) is 5.91 Å². The Bertz CT molecular complexity index is 638. The van der Waals surface area contributed by atoms with E-state index in [0.29, 0.717) is 16.8 Å². The molecule has 0 aliphatic heterocycles. The first-order chi connectivity index (χ1) is 9.95. The van der Waals surface area contributed by atoms with Gasteiger partial charge in [0.25, 0.3) is 5.91 Å². The molecule has 1 aromatic carbocycles. The van der Waals surface area contributed by atoms with Crippen LogP contribution in [0.2, 0.25) is 5.02 Å². The third kappa shape index (κ3) is 4.20. The lowest BCUT2D eigenvalue weighted by Gasteiger charge is -2.11. The number of aromatic nitrogens is 1. The number of halogens is 1. The van der Waals surface area contributed by atoms with Gasteiger partial charge in [0, 0.05) is 16.8 Å². The lowest BCUT2D eigenvalue weighted by atomic mass is 10.2. The van der Waals surface area contributed by atoms with Crippen molar-refractivity contribution in [3.05, 3.63) is 52.8 Å². The molecule has 0 fully saturated rings. The van der Waals surface area contributed by atoms with Crippen LogP contribution in [0.5, 0.6) is 0 Å². The van der Waals surface area contributed by atoms with Gasteiger partial charge in [-0.25, -0.2) is 4.98 Å². The highest BCUT2D eigenvalue weighted by Gasteiger charge is 2.09. The molecule has 2 aromatic rings. The molecule has 1 amide bonds. The molecule has 0 aliphatic carbocycles. The van der Waals surface area contributed by atoms with Crippen molar-refractivity contribution in [2.24, 2.45) is 0 Å². The van der Waals surface area contributed by atoms with E-state index in [1.54, 1.807) is 30.5 Å². The second-order valence-corrected chi connectivity index (χ2v) is 5.58. The van der Waals surface area contributed by atoms with Crippen molar-refractivity contribution in [1.82, 2.24) is 4.98 Å². The lowest BCUT2D eigenvalue weighted by molar-refractivity contribution is 0.102. The van der Waals surface area contributed by atoms with Crippen molar-refractivity contribution in [3.63, 3.8) is 0 Å². The lowest BCUT2D eigenvalue weighted by Crippen LogP contribution is -2.15. The molecule has 21 heavy (non-hydrogen) atoms. The molecule has 0 aliphatic rings. The number of pyridine rings is 1. The number of carbonyl (C=O) groups excluding carboxylic acids is 1. The van der Waals surface area contributed by atoms with Gasteiger partial charge in [-0.2, -0.15) is 0 Å². The summed E-state index contributed by atoms with van der Waals surface area (Å²) in [6, 6.07) is 9.20. The fraction of sp³-hybridized carbons (Fsp3) is 0.250. The van der Waals surface area contributed by atoms with E-state index in [1.807, 2.05) is 26.8 Å². The molecule has 0 bridgehead atoms. The highest BCUT2D eigenvalue weighted by Crippen LogP contribution is 2.20. The molecular formula is C16H18ClN3O. The summed E-state index contributed by atoms with van der Waals surface area (Å²) in [5, 5.41) is 6.71. The SMILES string of the molecule is Cc1cc(Cl)ccc1NC(=O)c1ccc(NC(C)C)cn1. The number of carbonyl (C=O) groups is 1. The molecule has 2 N–H and O–H groups in total. The molecule has 0 saturated carbocycles. The molecule has 5 heteroatoms. The summed E-state index contributed by atoms with van der Waals surface area (Å²) in [6.45, 7) is 5.98. The van der Waals surface area contributed by atoms with Crippen molar-refractivity contribution < 1.29 is 4.79 Å². The minimum atomic E-state index is -0.239. The van der Waals surface area contributed by atoms with Crippen LogP contribution in [0.3, 0.4) is 0 Å². The zero-order valence-corrected chi connectivity index (χ0v) is 13.0. The molecule has 2 rings (SSSR count). The van der Waals surface area contributed by atoms with E-state index in [9.17, 15) is 4.79 Å². The quantitative estimate of drug-likeness (QED) is 0.893. The highest BCUT2D eigenvalue weighted by atomic mass is 35.5. The van der Waals surface area contributed by atoms with Crippen LogP contribution >= 0.6 is 11.6 Å². The number of rotatable bonds is 4. The number of nitrogens with one attached hydrogen (secondary N) is 2. The van der Waals surface area contributed by atoms with Crippen LogP contribution in [0.4, 0.5) is 11.4 Å². The zero-order chi connectivity index (χ0) is 15.4. The number of aryl methyl sites for hydroxylation is 1. The number of anilines is 2. The second kappa shape index (κ2) is 6.59. The van der Waals surface area contributed by atoms with Gasteiger partial charge in [0.1, 0.15) is 5.69 Å². The zero-order valence-electron chi connectivity index (χ0n) is 12.3. The number of hydrogen-bond donors (Lipinski definition) is 2.